The molecular weight excluding hydrogens is 672 g/mol. The quantitative estimate of drug-likeness (QED) is 0.157. The highest BCUT2D eigenvalue weighted by Crippen LogP contribution is 2.46. The van der Waals surface area contributed by atoms with Crippen molar-refractivity contribution >= 4 is 5.97 Å². The van der Waals surface area contributed by atoms with Crippen LogP contribution in [0.1, 0.15) is 82.6 Å². The topological polar surface area (TPSA) is 141 Å². The van der Waals surface area contributed by atoms with Gasteiger partial charge in [-0.3, -0.25) is 4.79 Å². The summed E-state index contributed by atoms with van der Waals surface area (Å²) in [5.74, 6) is -0.971. The smallest absolute Gasteiger partial charge is 0.305 e. The largest absolute Gasteiger partial charge is 0.465 e. The van der Waals surface area contributed by atoms with Gasteiger partial charge in [0.1, 0.15) is 12.7 Å². The zero-order valence-electron chi connectivity index (χ0n) is 30.8. The van der Waals surface area contributed by atoms with Crippen LogP contribution in [-0.2, 0) is 53.8 Å². The number of aliphatic hydroxyl groups excluding tert-OH is 2. The summed E-state index contributed by atoms with van der Waals surface area (Å²) in [4.78, 5) is 12.0. The highest BCUT2D eigenvalue weighted by molar-refractivity contribution is 5.69. The summed E-state index contributed by atoms with van der Waals surface area (Å²) in [6.07, 6.45) is 12.7. The number of hydrogen-bond acceptors (Lipinski definition) is 12. The van der Waals surface area contributed by atoms with E-state index in [1.807, 2.05) is 12.1 Å². The first-order valence-electron chi connectivity index (χ1n) is 19.1. The van der Waals surface area contributed by atoms with Gasteiger partial charge in [-0.15, -0.1) is 0 Å². The van der Waals surface area contributed by atoms with E-state index in [0.29, 0.717) is 51.8 Å². The Kier molecular flexibility index (Phi) is 14.0. The second kappa shape index (κ2) is 18.4. The second-order valence-electron chi connectivity index (χ2n) is 15.7. The van der Waals surface area contributed by atoms with Crippen molar-refractivity contribution in [3.05, 3.63) is 59.2 Å². The first-order valence-corrected chi connectivity index (χ1v) is 19.1. The van der Waals surface area contributed by atoms with E-state index in [2.05, 4.69) is 37.3 Å². The summed E-state index contributed by atoms with van der Waals surface area (Å²) in [7, 11) is 0. The van der Waals surface area contributed by atoms with Gasteiger partial charge in [0.25, 0.3) is 5.97 Å². The van der Waals surface area contributed by atoms with E-state index in [9.17, 15) is 15.0 Å². The predicted molar refractivity (Wildman–Crippen MR) is 189 cm³/mol. The molecule has 6 aliphatic rings. The molecule has 0 amide bonds. The fourth-order valence-corrected chi connectivity index (χ4v) is 6.99. The van der Waals surface area contributed by atoms with Gasteiger partial charge < -0.3 is 52.8 Å². The first kappa shape index (κ1) is 39.5. The third kappa shape index (κ3) is 10.5. The molecule has 5 fully saturated rings. The van der Waals surface area contributed by atoms with Crippen molar-refractivity contribution in [1.82, 2.24) is 0 Å². The number of rotatable bonds is 18. The number of benzene rings is 1. The van der Waals surface area contributed by atoms with Gasteiger partial charge in [-0.2, -0.15) is 0 Å². The molecular formula is C40H58O12. The molecule has 0 saturated carbocycles. The van der Waals surface area contributed by atoms with E-state index < -0.39 is 17.7 Å². The molecule has 0 spiro atoms. The first-order chi connectivity index (χ1) is 25.2. The van der Waals surface area contributed by atoms with Crippen LogP contribution in [0, 0.1) is 16.7 Å². The molecule has 5 aliphatic heterocycles. The standard InChI is InChI=1S/C40H58O12/c1-38(24-41,25-42)26-49-35(43)12-8-18-44-33-22-47-37(48-23-33)32-15-13-29(14-16-32)19-34-39(2)27-50-40(52-34,51-28-39)17-7-6-9-30-20-45-36(46-21-30)31-10-4-3-5-11-31/h3-4,10,13-16,30,33-34,36-37,41-42H,5-9,11-12,17-28H2,1-2H3. The highest BCUT2D eigenvalue weighted by Gasteiger charge is 2.55. The van der Waals surface area contributed by atoms with Crippen molar-refractivity contribution in [1.29, 1.82) is 0 Å². The van der Waals surface area contributed by atoms with Gasteiger partial charge in [0, 0.05) is 41.8 Å². The zero-order chi connectivity index (χ0) is 36.4. The van der Waals surface area contributed by atoms with Crippen molar-refractivity contribution in [2.45, 2.75) is 102 Å². The minimum absolute atomic E-state index is 0.0231. The monoisotopic (exact) mass is 730 g/mol. The van der Waals surface area contributed by atoms with Crippen molar-refractivity contribution in [3.8, 4) is 0 Å². The molecule has 7 rings (SSSR count). The van der Waals surface area contributed by atoms with E-state index in [1.54, 1.807) is 6.92 Å². The number of fused-ring (bicyclic) bond motifs is 3. The van der Waals surface area contributed by atoms with E-state index in [-0.39, 0.29) is 56.1 Å². The molecule has 0 radical (unpaired) electrons. The Morgan fingerprint density at radius 1 is 0.942 bits per heavy atom. The molecule has 2 N–H and O–H groups in total. The SMILES string of the molecule is CC(CO)(CO)COC(=O)CCCOC1COC(c2ccc(CC3OC4(CCCCC5COC(C6=CC=CCC6)OC5)OCC3(C)CO4)cc2)OC1. The Labute approximate surface area is 307 Å². The molecule has 1 aliphatic carbocycles. The van der Waals surface area contributed by atoms with Gasteiger partial charge in [-0.1, -0.05) is 62.8 Å². The lowest BCUT2D eigenvalue weighted by molar-refractivity contribution is -0.487. The lowest BCUT2D eigenvalue weighted by Gasteiger charge is -2.55. The minimum Gasteiger partial charge on any atom is -0.465 e. The summed E-state index contributed by atoms with van der Waals surface area (Å²) < 4.78 is 54.1. The molecule has 12 nitrogen and oxygen atoms in total. The van der Waals surface area contributed by atoms with Gasteiger partial charge >= 0.3 is 5.97 Å². The van der Waals surface area contributed by atoms with Crippen LogP contribution >= 0.6 is 0 Å². The maximum atomic E-state index is 12.0. The molecule has 0 aromatic heterocycles. The Morgan fingerprint density at radius 3 is 2.33 bits per heavy atom. The van der Waals surface area contributed by atoms with Crippen molar-refractivity contribution in [2.24, 2.45) is 16.7 Å². The number of allylic oxidation sites excluding steroid dienone is 3. The van der Waals surface area contributed by atoms with Crippen molar-refractivity contribution in [2.75, 3.05) is 66.1 Å². The second-order valence-corrected chi connectivity index (χ2v) is 15.7. The molecule has 12 heteroatoms. The summed E-state index contributed by atoms with van der Waals surface area (Å²) in [6, 6.07) is 8.30. The van der Waals surface area contributed by atoms with Crippen LogP contribution in [0.25, 0.3) is 0 Å². The van der Waals surface area contributed by atoms with E-state index in [0.717, 1.165) is 57.3 Å². The van der Waals surface area contributed by atoms with Crippen LogP contribution in [0.5, 0.6) is 0 Å². The predicted octanol–water partition coefficient (Wildman–Crippen LogP) is 4.91. The molecule has 2 bridgehead atoms. The summed E-state index contributed by atoms with van der Waals surface area (Å²) in [5, 5.41) is 18.6. The van der Waals surface area contributed by atoms with Crippen LogP contribution in [0.3, 0.4) is 0 Å². The molecule has 1 aromatic rings. The van der Waals surface area contributed by atoms with Gasteiger partial charge in [-0.25, -0.2) is 0 Å². The van der Waals surface area contributed by atoms with Crippen molar-refractivity contribution < 1.29 is 57.6 Å². The molecule has 5 saturated heterocycles. The summed E-state index contributed by atoms with van der Waals surface area (Å²) >= 11 is 0. The number of unbranched alkanes of at least 4 members (excludes halogenated alkanes) is 1. The molecule has 290 valence electrons. The Morgan fingerprint density at radius 2 is 1.65 bits per heavy atom. The van der Waals surface area contributed by atoms with E-state index in [4.69, 9.17) is 42.6 Å². The number of esters is 1. The molecule has 5 heterocycles. The number of hydrogen-bond donors (Lipinski definition) is 2. The Balaban J connectivity index is 0.871. The minimum atomic E-state index is -0.984. The number of ether oxygens (including phenoxy) is 9. The molecule has 1 atom stereocenters. The van der Waals surface area contributed by atoms with Gasteiger partial charge in [-0.05, 0) is 49.7 Å². The van der Waals surface area contributed by atoms with Gasteiger partial charge in [0.15, 0.2) is 12.6 Å². The lowest BCUT2D eigenvalue weighted by Crippen LogP contribution is -2.64. The van der Waals surface area contributed by atoms with Crippen LogP contribution in [0.4, 0.5) is 0 Å². The normalized spacial score (nSPS) is 32.1. The third-order valence-corrected chi connectivity index (χ3v) is 10.8. The fourth-order valence-electron chi connectivity index (χ4n) is 6.99. The maximum absolute atomic E-state index is 12.0. The third-order valence-electron chi connectivity index (χ3n) is 10.8. The zero-order valence-corrected chi connectivity index (χ0v) is 30.8. The molecule has 1 unspecified atom stereocenters. The van der Waals surface area contributed by atoms with Gasteiger partial charge in [0.2, 0.25) is 0 Å². The van der Waals surface area contributed by atoms with E-state index in [1.165, 1.54) is 11.1 Å². The number of carbonyl (C=O) groups excluding carboxylic acids is 1. The lowest BCUT2D eigenvalue weighted by atomic mass is 9.80. The average Bonchev–Trinajstić information content (AvgIpc) is 3.19. The van der Waals surface area contributed by atoms with Crippen molar-refractivity contribution in [3.63, 3.8) is 0 Å². The Bertz CT molecular complexity index is 1320. The maximum Gasteiger partial charge on any atom is 0.305 e. The average molecular weight is 731 g/mol. The van der Waals surface area contributed by atoms with Crippen LogP contribution < -0.4 is 0 Å². The van der Waals surface area contributed by atoms with Crippen LogP contribution in [0.2, 0.25) is 0 Å². The molecule has 52 heavy (non-hydrogen) atoms. The molecule has 1 aromatic carbocycles. The fraction of sp³-hybridized carbons (Fsp3) is 0.725. The van der Waals surface area contributed by atoms with Crippen LogP contribution in [-0.4, -0.2) is 107 Å². The van der Waals surface area contributed by atoms with Gasteiger partial charge in [0.05, 0.1) is 59.0 Å². The number of aliphatic hydroxyl groups is 2. The highest BCUT2D eigenvalue weighted by atomic mass is 16.9. The van der Waals surface area contributed by atoms with E-state index >= 15 is 0 Å². The Hall–Kier alpha value is -2.23. The summed E-state index contributed by atoms with van der Waals surface area (Å²) in [6.45, 7) is 7.09. The number of carbonyl (C=O) groups is 1. The van der Waals surface area contributed by atoms with Crippen LogP contribution in [0.15, 0.2) is 48.1 Å². The summed E-state index contributed by atoms with van der Waals surface area (Å²) in [5.41, 5.74) is 2.29.